The van der Waals surface area contributed by atoms with Gasteiger partial charge in [-0.05, 0) is 12.1 Å². The Morgan fingerprint density at radius 2 is 2.23 bits per heavy atom. The molecule has 1 aromatic carbocycles. The van der Waals surface area contributed by atoms with Gasteiger partial charge in [0.2, 0.25) is 0 Å². The van der Waals surface area contributed by atoms with Crippen molar-refractivity contribution in [3.8, 4) is 0 Å². The number of esters is 1. The first-order chi connectivity index (χ1) is 12.4. The van der Waals surface area contributed by atoms with Gasteiger partial charge in [0, 0.05) is 11.9 Å². The van der Waals surface area contributed by atoms with E-state index in [4.69, 9.17) is 4.74 Å². The van der Waals surface area contributed by atoms with Crippen LogP contribution in [0.4, 0.5) is 20.9 Å². The highest BCUT2D eigenvalue weighted by Crippen LogP contribution is 2.24. The average Bonchev–Trinajstić information content (AvgIpc) is 3.08. The predicted octanol–water partition coefficient (Wildman–Crippen LogP) is 2.58. The van der Waals surface area contributed by atoms with Gasteiger partial charge in [-0.1, -0.05) is 6.08 Å². The second-order valence-electron chi connectivity index (χ2n) is 4.75. The van der Waals surface area contributed by atoms with Crippen molar-refractivity contribution in [2.45, 2.75) is 0 Å². The summed E-state index contributed by atoms with van der Waals surface area (Å²) in [6, 6.07) is 2.68. The molecule has 0 fully saturated rings. The normalized spacial score (nSPS) is 10.0. The Morgan fingerprint density at radius 3 is 2.92 bits per heavy atom. The number of aromatic nitrogens is 1. The number of thiazole rings is 1. The van der Waals surface area contributed by atoms with Gasteiger partial charge in [0.05, 0.1) is 11.0 Å². The molecule has 0 bridgehead atoms. The van der Waals surface area contributed by atoms with Gasteiger partial charge in [-0.25, -0.2) is 14.2 Å². The highest BCUT2D eigenvalue weighted by molar-refractivity contribution is 7.13. The molecule has 26 heavy (non-hydrogen) atoms. The number of carbonyl (C=O) groups excluding carboxylic acids is 2. The molecule has 0 aliphatic heterocycles. The van der Waals surface area contributed by atoms with Crippen molar-refractivity contribution in [3.05, 3.63) is 57.9 Å². The van der Waals surface area contributed by atoms with E-state index < -0.39 is 34.9 Å². The molecule has 0 radical (unpaired) electrons. The molecular formula is C15H13FN4O5S. The average molecular weight is 380 g/mol. The van der Waals surface area contributed by atoms with Crippen LogP contribution in [0, 0.1) is 15.9 Å². The van der Waals surface area contributed by atoms with Gasteiger partial charge in [0.25, 0.3) is 11.6 Å². The molecule has 11 heteroatoms. The maximum atomic E-state index is 13.1. The number of ether oxygens (including phenoxy) is 1. The van der Waals surface area contributed by atoms with Crippen LogP contribution < -0.4 is 10.6 Å². The molecule has 0 aliphatic rings. The van der Waals surface area contributed by atoms with Crippen molar-refractivity contribution in [1.82, 2.24) is 4.98 Å². The van der Waals surface area contributed by atoms with Gasteiger partial charge >= 0.3 is 5.97 Å². The highest BCUT2D eigenvalue weighted by atomic mass is 32.1. The number of nitrogens with one attached hydrogen (secondary N) is 2. The Balaban J connectivity index is 1.92. The lowest BCUT2D eigenvalue weighted by Crippen LogP contribution is -2.21. The van der Waals surface area contributed by atoms with Crippen LogP contribution in [0.3, 0.4) is 0 Å². The highest BCUT2D eigenvalue weighted by Gasteiger charge is 2.19. The number of benzene rings is 1. The number of anilines is 2. The van der Waals surface area contributed by atoms with Crippen LogP contribution in [-0.4, -0.2) is 34.9 Å². The molecular weight excluding hydrogens is 367 g/mol. The summed E-state index contributed by atoms with van der Waals surface area (Å²) >= 11 is 1.18. The van der Waals surface area contributed by atoms with E-state index in [0.29, 0.717) is 17.7 Å². The molecule has 2 rings (SSSR count). The Labute approximate surface area is 150 Å². The zero-order valence-electron chi connectivity index (χ0n) is 13.2. The summed E-state index contributed by atoms with van der Waals surface area (Å²) in [6.07, 6.45) is 1.62. The topological polar surface area (TPSA) is 123 Å². The number of rotatable bonds is 8. The van der Waals surface area contributed by atoms with Crippen LogP contribution in [0.5, 0.6) is 0 Å². The van der Waals surface area contributed by atoms with Crippen LogP contribution in [0.15, 0.2) is 36.2 Å². The van der Waals surface area contributed by atoms with Gasteiger partial charge < -0.3 is 15.4 Å². The first-order valence-electron chi connectivity index (χ1n) is 7.12. The maximum Gasteiger partial charge on any atom is 0.358 e. The van der Waals surface area contributed by atoms with Crippen molar-refractivity contribution in [2.75, 3.05) is 23.8 Å². The monoisotopic (exact) mass is 380 g/mol. The van der Waals surface area contributed by atoms with Crippen molar-refractivity contribution in [2.24, 2.45) is 0 Å². The summed E-state index contributed by atoms with van der Waals surface area (Å²) in [5, 5.41) is 17.9. The molecule has 1 amide bonds. The predicted molar refractivity (Wildman–Crippen MR) is 92.8 cm³/mol. The molecule has 136 valence electrons. The minimum absolute atomic E-state index is 0.0159. The minimum Gasteiger partial charge on any atom is -0.451 e. The van der Waals surface area contributed by atoms with Crippen molar-refractivity contribution < 1.29 is 23.6 Å². The molecule has 2 aromatic rings. The van der Waals surface area contributed by atoms with Gasteiger partial charge in [-0.3, -0.25) is 14.9 Å². The second kappa shape index (κ2) is 8.67. The van der Waals surface area contributed by atoms with Crippen LogP contribution in [-0.2, 0) is 9.53 Å². The molecule has 0 saturated heterocycles. The molecule has 0 saturated carbocycles. The standard InChI is InChI=1S/C15H13FN4O5S/c1-2-5-17-15-19-11(8-26-15)14(22)25-7-13(21)18-10-4-3-9(16)6-12(10)20(23)24/h2-4,6,8H,1,5,7H2,(H,17,19)(H,18,21). The van der Waals surface area contributed by atoms with Gasteiger partial charge in [0.15, 0.2) is 17.4 Å². The minimum atomic E-state index is -0.836. The SMILES string of the molecule is C=CCNc1nc(C(=O)OCC(=O)Nc2ccc(F)cc2[N+](=O)[O-])cs1. The van der Waals surface area contributed by atoms with Crippen molar-refractivity contribution in [1.29, 1.82) is 0 Å². The smallest absolute Gasteiger partial charge is 0.358 e. The fraction of sp³-hybridized carbons (Fsp3) is 0.133. The third kappa shape index (κ3) is 5.08. The van der Waals surface area contributed by atoms with Crippen LogP contribution in [0.1, 0.15) is 10.5 Å². The fourth-order valence-electron chi connectivity index (χ4n) is 1.76. The van der Waals surface area contributed by atoms with E-state index in [1.165, 1.54) is 16.7 Å². The van der Waals surface area contributed by atoms with Gasteiger partial charge in [-0.2, -0.15) is 0 Å². The zero-order chi connectivity index (χ0) is 19.1. The van der Waals surface area contributed by atoms with E-state index in [0.717, 1.165) is 12.1 Å². The van der Waals surface area contributed by atoms with E-state index in [2.05, 4.69) is 22.2 Å². The number of hydrogen-bond acceptors (Lipinski definition) is 8. The third-order valence-corrected chi connectivity index (χ3v) is 3.68. The number of nitro benzene ring substituents is 1. The third-order valence-electron chi connectivity index (χ3n) is 2.88. The molecule has 9 nitrogen and oxygen atoms in total. The quantitative estimate of drug-likeness (QED) is 0.312. The Morgan fingerprint density at radius 1 is 1.46 bits per heavy atom. The van der Waals surface area contributed by atoms with E-state index in [1.807, 2.05) is 0 Å². The summed E-state index contributed by atoms with van der Waals surface area (Å²) in [4.78, 5) is 37.7. The first kappa shape index (κ1) is 19.0. The molecule has 1 heterocycles. The van der Waals surface area contributed by atoms with E-state index in [1.54, 1.807) is 6.08 Å². The lowest BCUT2D eigenvalue weighted by Gasteiger charge is -2.06. The molecule has 0 spiro atoms. The Kier molecular flexibility index (Phi) is 6.33. The van der Waals surface area contributed by atoms with Gasteiger partial charge in [-0.15, -0.1) is 17.9 Å². The summed E-state index contributed by atoms with van der Waals surface area (Å²) in [5.41, 5.74) is -0.800. The van der Waals surface area contributed by atoms with Crippen molar-refractivity contribution >= 4 is 39.7 Å². The molecule has 1 aromatic heterocycles. The number of halogens is 1. The second-order valence-corrected chi connectivity index (χ2v) is 5.61. The lowest BCUT2D eigenvalue weighted by molar-refractivity contribution is -0.384. The van der Waals surface area contributed by atoms with Crippen LogP contribution >= 0.6 is 11.3 Å². The van der Waals surface area contributed by atoms with E-state index >= 15 is 0 Å². The summed E-state index contributed by atoms with van der Waals surface area (Å²) in [7, 11) is 0. The van der Waals surface area contributed by atoms with E-state index in [9.17, 15) is 24.1 Å². The lowest BCUT2D eigenvalue weighted by atomic mass is 10.2. The first-order valence-corrected chi connectivity index (χ1v) is 8.00. The summed E-state index contributed by atoms with van der Waals surface area (Å²) in [5.74, 6) is -2.45. The fourth-order valence-corrected chi connectivity index (χ4v) is 2.45. The molecule has 0 unspecified atom stereocenters. The van der Waals surface area contributed by atoms with Gasteiger partial charge in [0.1, 0.15) is 11.5 Å². The van der Waals surface area contributed by atoms with E-state index in [-0.39, 0.29) is 11.4 Å². The Bertz CT molecular complexity index is 854. The number of nitrogens with zero attached hydrogens (tertiary/aromatic N) is 2. The molecule has 0 aliphatic carbocycles. The van der Waals surface area contributed by atoms with Crippen LogP contribution in [0.25, 0.3) is 0 Å². The number of carbonyl (C=O) groups is 2. The zero-order valence-corrected chi connectivity index (χ0v) is 14.0. The largest absolute Gasteiger partial charge is 0.451 e. The maximum absolute atomic E-state index is 13.1. The summed E-state index contributed by atoms with van der Waals surface area (Å²) in [6.45, 7) is 3.33. The van der Waals surface area contributed by atoms with Crippen molar-refractivity contribution in [3.63, 3.8) is 0 Å². The number of nitro groups is 1. The Hall–Kier alpha value is -3.34. The summed E-state index contributed by atoms with van der Waals surface area (Å²) < 4.78 is 17.9. The van der Waals surface area contributed by atoms with Crippen LogP contribution in [0.2, 0.25) is 0 Å². The number of hydrogen-bond donors (Lipinski definition) is 2. The molecule has 0 atom stereocenters. The molecule has 2 N–H and O–H groups in total. The number of amides is 1.